The molecule has 0 aliphatic carbocycles. The molecular formula is C11H12N4O2. The fraction of sp³-hybridized carbons (Fsp3) is 0.273. The summed E-state index contributed by atoms with van der Waals surface area (Å²) in [5, 5.41) is 13.0. The van der Waals surface area contributed by atoms with Crippen LogP contribution >= 0.6 is 0 Å². The third kappa shape index (κ3) is 1.94. The lowest BCUT2D eigenvalue weighted by Crippen LogP contribution is -2.12. The van der Waals surface area contributed by atoms with Gasteiger partial charge in [-0.2, -0.15) is 5.10 Å². The molecule has 6 heteroatoms. The Bertz CT molecular complexity index is 562. The van der Waals surface area contributed by atoms with Crippen molar-refractivity contribution in [2.24, 2.45) is 7.05 Å². The number of carbonyl (C=O) groups excluding carboxylic acids is 1. The minimum atomic E-state index is -0.550. The van der Waals surface area contributed by atoms with Crippen LogP contribution in [0.4, 0.5) is 0 Å². The van der Waals surface area contributed by atoms with E-state index in [1.165, 1.54) is 4.68 Å². The molecule has 2 aromatic heterocycles. The molecule has 17 heavy (non-hydrogen) atoms. The second kappa shape index (κ2) is 4.42. The summed E-state index contributed by atoms with van der Waals surface area (Å²) in [6.45, 7) is 1.26. The van der Waals surface area contributed by atoms with Crippen molar-refractivity contribution in [2.45, 2.75) is 6.92 Å². The average Bonchev–Trinajstić information content (AvgIpc) is 2.71. The van der Waals surface area contributed by atoms with Gasteiger partial charge in [-0.05, 0) is 6.92 Å². The van der Waals surface area contributed by atoms with Crippen molar-refractivity contribution in [3.63, 3.8) is 0 Å². The Hall–Kier alpha value is -2.08. The van der Waals surface area contributed by atoms with Gasteiger partial charge in [-0.15, -0.1) is 0 Å². The van der Waals surface area contributed by atoms with E-state index in [-0.39, 0.29) is 5.78 Å². The predicted octanol–water partition coefficient (Wildman–Crippen LogP) is 0.361. The second-order valence-electron chi connectivity index (χ2n) is 3.60. The molecule has 0 aliphatic rings. The summed E-state index contributed by atoms with van der Waals surface area (Å²) in [5.41, 5.74) is 2.26. The number of Topliss-reactive ketones (excluding diaryl/α,β-unsaturated/α-hetero) is 1. The lowest BCUT2D eigenvalue weighted by molar-refractivity contribution is 0.0895. The molecule has 2 heterocycles. The van der Waals surface area contributed by atoms with Gasteiger partial charge in [0.2, 0.25) is 5.78 Å². The molecule has 1 N–H and O–H groups in total. The third-order valence-electron chi connectivity index (χ3n) is 2.48. The van der Waals surface area contributed by atoms with Crippen LogP contribution < -0.4 is 0 Å². The van der Waals surface area contributed by atoms with Crippen LogP contribution in [0.5, 0.6) is 0 Å². The number of nitrogens with zero attached hydrogens (tertiary/aromatic N) is 4. The number of aryl methyl sites for hydroxylation is 2. The summed E-state index contributed by atoms with van der Waals surface area (Å²) in [4.78, 5) is 19.9. The Morgan fingerprint density at radius 2 is 2.12 bits per heavy atom. The number of aliphatic hydroxyl groups is 1. The van der Waals surface area contributed by atoms with Crippen LogP contribution in [-0.4, -0.2) is 37.2 Å². The van der Waals surface area contributed by atoms with Crippen LogP contribution in [-0.2, 0) is 7.05 Å². The Morgan fingerprint density at radius 1 is 1.41 bits per heavy atom. The van der Waals surface area contributed by atoms with Crippen molar-refractivity contribution in [3.8, 4) is 11.3 Å². The minimum Gasteiger partial charge on any atom is -0.388 e. The third-order valence-corrected chi connectivity index (χ3v) is 2.48. The molecule has 0 aliphatic heterocycles. The highest BCUT2D eigenvalue weighted by Gasteiger charge is 2.19. The van der Waals surface area contributed by atoms with Gasteiger partial charge in [-0.25, -0.2) is 0 Å². The zero-order valence-electron chi connectivity index (χ0n) is 9.58. The van der Waals surface area contributed by atoms with Gasteiger partial charge in [0.05, 0.1) is 23.1 Å². The molecule has 2 aromatic rings. The van der Waals surface area contributed by atoms with E-state index in [0.717, 1.165) is 0 Å². The summed E-state index contributed by atoms with van der Waals surface area (Å²) in [6, 6.07) is 0. The first-order valence-electron chi connectivity index (χ1n) is 5.09. The van der Waals surface area contributed by atoms with E-state index in [1.807, 2.05) is 6.92 Å². The van der Waals surface area contributed by atoms with E-state index >= 15 is 0 Å². The maximum Gasteiger partial charge on any atom is 0.206 e. The van der Waals surface area contributed by atoms with Gasteiger partial charge in [0.1, 0.15) is 12.3 Å². The fourth-order valence-electron chi connectivity index (χ4n) is 1.69. The highest BCUT2D eigenvalue weighted by Crippen LogP contribution is 2.23. The summed E-state index contributed by atoms with van der Waals surface area (Å²) in [7, 11) is 1.65. The van der Waals surface area contributed by atoms with E-state index in [4.69, 9.17) is 5.11 Å². The summed E-state index contributed by atoms with van der Waals surface area (Å²) < 4.78 is 1.43. The van der Waals surface area contributed by atoms with Crippen LogP contribution in [0, 0.1) is 6.92 Å². The van der Waals surface area contributed by atoms with Gasteiger partial charge >= 0.3 is 0 Å². The van der Waals surface area contributed by atoms with Gasteiger partial charge in [-0.3, -0.25) is 19.4 Å². The number of aliphatic hydroxyl groups excluding tert-OH is 1. The monoisotopic (exact) mass is 232 g/mol. The number of hydrogen-bond acceptors (Lipinski definition) is 5. The Balaban J connectivity index is 2.61. The van der Waals surface area contributed by atoms with Crippen molar-refractivity contribution in [3.05, 3.63) is 30.0 Å². The quantitative estimate of drug-likeness (QED) is 0.773. The van der Waals surface area contributed by atoms with E-state index in [9.17, 15) is 4.79 Å². The van der Waals surface area contributed by atoms with E-state index in [2.05, 4.69) is 15.1 Å². The Kier molecular flexibility index (Phi) is 2.97. The number of hydrogen-bond donors (Lipinski definition) is 1. The van der Waals surface area contributed by atoms with Crippen molar-refractivity contribution >= 4 is 5.78 Å². The van der Waals surface area contributed by atoms with Crippen LogP contribution in [0.25, 0.3) is 11.3 Å². The highest BCUT2D eigenvalue weighted by atomic mass is 16.3. The molecule has 0 radical (unpaired) electrons. The summed E-state index contributed by atoms with van der Waals surface area (Å²) >= 11 is 0. The highest BCUT2D eigenvalue weighted by molar-refractivity contribution is 6.01. The molecule has 0 saturated carbocycles. The standard InChI is InChI=1S/C11H12N4O2/c1-7-10(13-4-3-12-7)8-5-14-15(2)11(8)9(17)6-16/h3-5,16H,6H2,1-2H3. The SMILES string of the molecule is Cc1nccnc1-c1cnn(C)c1C(=O)CO. The fourth-order valence-corrected chi connectivity index (χ4v) is 1.69. The maximum absolute atomic E-state index is 11.6. The molecule has 0 amide bonds. The first-order valence-corrected chi connectivity index (χ1v) is 5.09. The van der Waals surface area contributed by atoms with Crippen molar-refractivity contribution in [2.75, 3.05) is 6.61 Å². The molecule has 0 spiro atoms. The zero-order valence-corrected chi connectivity index (χ0v) is 9.58. The van der Waals surface area contributed by atoms with Crippen LogP contribution in [0.2, 0.25) is 0 Å². The second-order valence-corrected chi connectivity index (χ2v) is 3.60. The molecular weight excluding hydrogens is 220 g/mol. The maximum atomic E-state index is 11.6. The Labute approximate surface area is 98.0 Å². The number of carbonyl (C=O) groups is 1. The zero-order chi connectivity index (χ0) is 12.4. The molecule has 0 fully saturated rings. The van der Waals surface area contributed by atoms with Crippen molar-refractivity contribution in [1.82, 2.24) is 19.7 Å². The van der Waals surface area contributed by atoms with E-state index in [0.29, 0.717) is 22.6 Å². The predicted molar refractivity (Wildman–Crippen MR) is 60.4 cm³/mol. The Morgan fingerprint density at radius 3 is 2.76 bits per heavy atom. The van der Waals surface area contributed by atoms with Crippen molar-refractivity contribution < 1.29 is 9.90 Å². The summed E-state index contributed by atoms with van der Waals surface area (Å²) in [6.07, 6.45) is 4.70. The molecule has 0 saturated heterocycles. The van der Waals surface area contributed by atoms with Gasteiger partial charge in [-0.1, -0.05) is 0 Å². The number of ketones is 1. The lowest BCUT2D eigenvalue weighted by Gasteiger charge is -2.04. The lowest BCUT2D eigenvalue weighted by atomic mass is 10.1. The smallest absolute Gasteiger partial charge is 0.206 e. The average molecular weight is 232 g/mol. The molecule has 0 unspecified atom stereocenters. The number of aromatic nitrogens is 4. The minimum absolute atomic E-state index is 0.344. The molecule has 88 valence electrons. The topological polar surface area (TPSA) is 80.9 Å². The van der Waals surface area contributed by atoms with Crippen LogP contribution in [0.3, 0.4) is 0 Å². The van der Waals surface area contributed by atoms with Crippen molar-refractivity contribution in [1.29, 1.82) is 0 Å². The largest absolute Gasteiger partial charge is 0.388 e. The van der Waals surface area contributed by atoms with Gasteiger partial charge < -0.3 is 5.11 Å². The first kappa shape index (κ1) is 11.4. The van der Waals surface area contributed by atoms with Crippen LogP contribution in [0.15, 0.2) is 18.6 Å². The van der Waals surface area contributed by atoms with Gasteiger partial charge in [0.15, 0.2) is 0 Å². The summed E-state index contributed by atoms with van der Waals surface area (Å²) in [5.74, 6) is -0.384. The molecule has 0 atom stereocenters. The molecule has 6 nitrogen and oxygen atoms in total. The van der Waals surface area contributed by atoms with E-state index in [1.54, 1.807) is 25.6 Å². The van der Waals surface area contributed by atoms with Gasteiger partial charge in [0.25, 0.3) is 0 Å². The molecule has 0 aromatic carbocycles. The van der Waals surface area contributed by atoms with Gasteiger partial charge in [0, 0.05) is 19.4 Å². The number of rotatable bonds is 3. The molecule has 2 rings (SSSR count). The van der Waals surface area contributed by atoms with Crippen LogP contribution in [0.1, 0.15) is 16.2 Å². The normalized spacial score (nSPS) is 10.5. The first-order chi connectivity index (χ1) is 8.15. The molecule has 0 bridgehead atoms. The van der Waals surface area contributed by atoms with E-state index < -0.39 is 6.61 Å².